The van der Waals surface area contributed by atoms with Crippen molar-refractivity contribution in [2.75, 3.05) is 17.2 Å². The number of aromatic nitrogens is 2. The predicted molar refractivity (Wildman–Crippen MR) is 144 cm³/mol. The molecular weight excluding hydrogens is 480 g/mol. The van der Waals surface area contributed by atoms with Crippen molar-refractivity contribution in [2.24, 2.45) is 5.14 Å². The summed E-state index contributed by atoms with van der Waals surface area (Å²) in [7, 11) is -3.69. The topological polar surface area (TPSA) is 122 Å². The quantitative estimate of drug-likeness (QED) is 0.263. The van der Waals surface area contributed by atoms with Crippen LogP contribution >= 0.6 is 12.2 Å². The van der Waals surface area contributed by atoms with Crippen LogP contribution in [0.5, 0.6) is 0 Å². The number of nitrogens with zero attached hydrogens (tertiary/aromatic N) is 2. The van der Waals surface area contributed by atoms with Crippen LogP contribution in [0.3, 0.4) is 0 Å². The van der Waals surface area contributed by atoms with E-state index in [9.17, 15) is 8.42 Å². The van der Waals surface area contributed by atoms with Crippen molar-refractivity contribution in [3.05, 3.63) is 84.2 Å². The minimum Gasteiger partial charge on any atom is -0.362 e. The van der Waals surface area contributed by atoms with Crippen LogP contribution in [-0.2, 0) is 22.9 Å². The third-order valence-electron chi connectivity index (χ3n) is 5.47. The van der Waals surface area contributed by atoms with Gasteiger partial charge in [-0.15, -0.1) is 0 Å². The third kappa shape index (κ3) is 6.50. The molecule has 0 radical (unpaired) electrons. The molecule has 1 heterocycles. The van der Waals surface area contributed by atoms with Crippen LogP contribution in [0.25, 0.3) is 10.9 Å². The van der Waals surface area contributed by atoms with E-state index in [0.29, 0.717) is 23.9 Å². The number of primary sulfonamides is 1. The summed E-state index contributed by atoms with van der Waals surface area (Å²) in [6.45, 7) is 2.71. The lowest BCUT2D eigenvalue weighted by Crippen LogP contribution is -2.30. The highest BCUT2D eigenvalue weighted by Gasteiger charge is 2.08. The fourth-order valence-electron chi connectivity index (χ4n) is 3.54. The van der Waals surface area contributed by atoms with Crippen LogP contribution in [-0.4, -0.2) is 30.0 Å². The smallest absolute Gasteiger partial charge is 0.238 e. The van der Waals surface area contributed by atoms with Gasteiger partial charge >= 0.3 is 0 Å². The van der Waals surface area contributed by atoms with Crippen molar-refractivity contribution in [1.29, 1.82) is 0 Å². The van der Waals surface area contributed by atoms with Gasteiger partial charge in [0, 0.05) is 23.3 Å². The van der Waals surface area contributed by atoms with Crippen molar-refractivity contribution in [3.63, 3.8) is 0 Å². The van der Waals surface area contributed by atoms with E-state index in [2.05, 4.69) is 45.0 Å². The van der Waals surface area contributed by atoms with Gasteiger partial charge in [0.15, 0.2) is 5.11 Å². The summed E-state index contributed by atoms with van der Waals surface area (Å²) in [5, 5.41) is 16.2. The number of nitrogens with one attached hydrogen (secondary N) is 3. The molecular formula is C25H26N6O2S2. The Morgan fingerprint density at radius 3 is 2.31 bits per heavy atom. The van der Waals surface area contributed by atoms with Gasteiger partial charge in [-0.05, 0) is 78.7 Å². The highest BCUT2D eigenvalue weighted by Crippen LogP contribution is 2.26. The molecule has 0 aliphatic heterocycles. The van der Waals surface area contributed by atoms with Crippen LogP contribution < -0.4 is 21.1 Å². The first-order valence-corrected chi connectivity index (χ1v) is 13.0. The van der Waals surface area contributed by atoms with Gasteiger partial charge in [0.25, 0.3) is 0 Å². The van der Waals surface area contributed by atoms with Crippen molar-refractivity contribution in [2.45, 2.75) is 24.7 Å². The lowest BCUT2D eigenvalue weighted by Gasteiger charge is -2.13. The van der Waals surface area contributed by atoms with Gasteiger partial charge in [-0.25, -0.2) is 23.5 Å². The van der Waals surface area contributed by atoms with E-state index in [-0.39, 0.29) is 4.90 Å². The molecule has 5 N–H and O–H groups in total. The molecule has 1 aromatic heterocycles. The van der Waals surface area contributed by atoms with E-state index in [1.807, 2.05) is 30.3 Å². The molecule has 0 aliphatic rings. The number of thiocarbonyl (C=S) groups is 1. The average molecular weight is 507 g/mol. The Labute approximate surface area is 210 Å². The maximum atomic E-state index is 11.4. The number of anilines is 3. The first kappa shape index (κ1) is 24.5. The van der Waals surface area contributed by atoms with Gasteiger partial charge in [-0.3, -0.25) is 0 Å². The lowest BCUT2D eigenvalue weighted by molar-refractivity contribution is 0.598. The fourth-order valence-corrected chi connectivity index (χ4v) is 4.27. The molecule has 0 spiro atoms. The van der Waals surface area contributed by atoms with Gasteiger partial charge in [-0.1, -0.05) is 31.2 Å². The Balaban J connectivity index is 1.38. The van der Waals surface area contributed by atoms with Crippen LogP contribution in [0.4, 0.5) is 17.2 Å². The molecule has 8 nitrogen and oxygen atoms in total. The summed E-state index contributed by atoms with van der Waals surface area (Å²) in [4.78, 5) is 8.88. The first-order chi connectivity index (χ1) is 16.8. The number of sulfonamides is 1. The van der Waals surface area contributed by atoms with E-state index < -0.39 is 10.0 Å². The number of aryl methyl sites for hydroxylation is 1. The van der Waals surface area contributed by atoms with Gasteiger partial charge in [0.2, 0.25) is 10.0 Å². The second kappa shape index (κ2) is 10.8. The number of fused-ring (bicyclic) bond motifs is 1. The van der Waals surface area contributed by atoms with E-state index in [1.165, 1.54) is 17.7 Å². The van der Waals surface area contributed by atoms with Crippen LogP contribution in [0.1, 0.15) is 18.1 Å². The van der Waals surface area contributed by atoms with Gasteiger partial charge in [0.1, 0.15) is 12.1 Å². The maximum absolute atomic E-state index is 11.4. The molecule has 0 saturated carbocycles. The molecule has 4 rings (SSSR count). The van der Waals surface area contributed by atoms with Crippen molar-refractivity contribution >= 4 is 55.4 Å². The van der Waals surface area contributed by atoms with Gasteiger partial charge < -0.3 is 16.0 Å². The average Bonchev–Trinajstić information content (AvgIpc) is 2.84. The fraction of sp³-hybridized carbons (Fsp3) is 0.160. The number of nitrogens with two attached hydrogens (primary N) is 1. The van der Waals surface area contributed by atoms with Crippen LogP contribution in [0.15, 0.2) is 78.0 Å². The molecule has 0 aliphatic carbocycles. The Kier molecular flexibility index (Phi) is 7.54. The van der Waals surface area contributed by atoms with Crippen molar-refractivity contribution < 1.29 is 8.42 Å². The second-order valence-electron chi connectivity index (χ2n) is 7.95. The van der Waals surface area contributed by atoms with E-state index in [0.717, 1.165) is 34.3 Å². The maximum Gasteiger partial charge on any atom is 0.238 e. The minimum absolute atomic E-state index is 0.0958. The second-order valence-corrected chi connectivity index (χ2v) is 9.92. The summed E-state index contributed by atoms with van der Waals surface area (Å²) >= 11 is 5.44. The Morgan fingerprint density at radius 2 is 1.63 bits per heavy atom. The van der Waals surface area contributed by atoms with Crippen molar-refractivity contribution in [1.82, 2.24) is 15.3 Å². The highest BCUT2D eigenvalue weighted by molar-refractivity contribution is 7.89. The van der Waals surface area contributed by atoms with Gasteiger partial charge in [-0.2, -0.15) is 0 Å². The number of rotatable bonds is 8. The number of benzene rings is 3. The Hall–Kier alpha value is -3.60. The zero-order valence-corrected chi connectivity index (χ0v) is 20.8. The molecule has 4 aromatic rings. The van der Waals surface area contributed by atoms with Crippen LogP contribution in [0.2, 0.25) is 0 Å². The monoisotopic (exact) mass is 506 g/mol. The zero-order valence-electron chi connectivity index (χ0n) is 19.2. The molecule has 0 atom stereocenters. The highest BCUT2D eigenvalue weighted by atomic mass is 32.2. The summed E-state index contributed by atoms with van der Waals surface area (Å²) in [6, 6.07) is 20.5. The molecule has 180 valence electrons. The summed E-state index contributed by atoms with van der Waals surface area (Å²) < 4.78 is 22.7. The molecule has 10 heteroatoms. The Morgan fingerprint density at radius 1 is 0.943 bits per heavy atom. The van der Waals surface area contributed by atoms with E-state index >= 15 is 0 Å². The predicted octanol–water partition coefficient (Wildman–Crippen LogP) is 4.11. The third-order valence-corrected chi connectivity index (χ3v) is 6.64. The van der Waals surface area contributed by atoms with E-state index in [1.54, 1.807) is 18.5 Å². The first-order valence-electron chi connectivity index (χ1n) is 11.1. The van der Waals surface area contributed by atoms with Crippen LogP contribution in [0, 0.1) is 0 Å². The molecule has 0 unspecified atom stereocenters. The summed E-state index contributed by atoms with van der Waals surface area (Å²) in [5.74, 6) is 0.713. The van der Waals surface area contributed by atoms with Gasteiger partial charge in [0.05, 0.1) is 10.4 Å². The molecule has 0 amide bonds. The minimum atomic E-state index is -3.69. The molecule has 0 bridgehead atoms. The number of hydrogen-bond donors (Lipinski definition) is 4. The standard InChI is InChI=1S/C25H26N6O2S2/c1-2-17-3-7-19(8-4-17)30-24-22-15-20(9-12-23(22)28-16-29-24)31-25(34)27-14-13-18-5-10-21(11-6-18)35(26,32)33/h3-12,15-16H,2,13-14H2,1H3,(H2,26,32,33)(H2,27,31,34)(H,28,29,30). The summed E-state index contributed by atoms with van der Waals surface area (Å²) in [6.07, 6.45) is 3.20. The Bertz CT molecular complexity index is 1440. The normalized spacial score (nSPS) is 11.3. The molecule has 35 heavy (non-hydrogen) atoms. The molecule has 0 saturated heterocycles. The van der Waals surface area contributed by atoms with E-state index in [4.69, 9.17) is 17.4 Å². The molecule has 3 aromatic carbocycles. The molecule has 0 fully saturated rings. The summed E-state index contributed by atoms with van der Waals surface area (Å²) in [5.41, 5.74) is 4.83. The largest absolute Gasteiger partial charge is 0.362 e. The number of hydrogen-bond acceptors (Lipinski definition) is 6. The zero-order chi connectivity index (χ0) is 24.8. The SMILES string of the molecule is CCc1ccc(Nc2ncnc3ccc(NC(=S)NCCc4ccc(S(N)(=O)=O)cc4)cc23)cc1. The lowest BCUT2D eigenvalue weighted by atomic mass is 10.1. The van der Waals surface area contributed by atoms with Crippen molar-refractivity contribution in [3.8, 4) is 0 Å².